The van der Waals surface area contributed by atoms with Crippen molar-refractivity contribution in [2.45, 2.75) is 33.2 Å². The molecule has 1 heterocycles. The number of hydrogen-bond donors (Lipinski definition) is 2. The van der Waals surface area contributed by atoms with Gasteiger partial charge < -0.3 is 0 Å². The van der Waals surface area contributed by atoms with Crippen molar-refractivity contribution in [1.29, 1.82) is 0 Å². The molecule has 0 aliphatic carbocycles. The van der Waals surface area contributed by atoms with Gasteiger partial charge in [0.25, 0.3) is 0 Å². The van der Waals surface area contributed by atoms with Crippen molar-refractivity contribution >= 4 is 0 Å². The summed E-state index contributed by atoms with van der Waals surface area (Å²) in [5, 5.41) is 4.31. The Morgan fingerprint density at radius 2 is 1.95 bits per heavy atom. The third-order valence-corrected chi connectivity index (χ3v) is 3.94. The Morgan fingerprint density at radius 3 is 2.48 bits per heavy atom. The van der Waals surface area contributed by atoms with Crippen molar-refractivity contribution in [2.24, 2.45) is 12.9 Å². The first-order valence-corrected chi connectivity index (χ1v) is 6.76. The van der Waals surface area contributed by atoms with Gasteiger partial charge in [-0.05, 0) is 44.4 Å². The molecule has 0 radical (unpaired) electrons. The van der Waals surface area contributed by atoms with Crippen molar-refractivity contribution < 1.29 is 8.78 Å². The van der Waals surface area contributed by atoms with Gasteiger partial charge in [0.15, 0.2) is 0 Å². The molecule has 0 amide bonds. The number of aromatic nitrogens is 2. The first-order valence-electron chi connectivity index (χ1n) is 6.76. The number of nitrogens with one attached hydrogen (secondary N) is 1. The van der Waals surface area contributed by atoms with Gasteiger partial charge >= 0.3 is 0 Å². The van der Waals surface area contributed by atoms with E-state index in [9.17, 15) is 8.78 Å². The van der Waals surface area contributed by atoms with Gasteiger partial charge in [0.2, 0.25) is 0 Å². The monoisotopic (exact) mass is 294 g/mol. The minimum atomic E-state index is -0.647. The van der Waals surface area contributed by atoms with Crippen LogP contribution in [0.3, 0.4) is 0 Å². The SMILES string of the molecule is Cc1ccc(F)c(C(Cc2c(C)nn(C)c2C)NN)c1F. The largest absolute Gasteiger partial charge is 0.272 e. The summed E-state index contributed by atoms with van der Waals surface area (Å²) >= 11 is 0. The molecule has 114 valence electrons. The van der Waals surface area contributed by atoms with Gasteiger partial charge in [-0.2, -0.15) is 5.10 Å². The van der Waals surface area contributed by atoms with Crippen molar-refractivity contribution in [3.8, 4) is 0 Å². The fourth-order valence-corrected chi connectivity index (χ4v) is 2.56. The second-order valence-corrected chi connectivity index (χ2v) is 5.29. The molecule has 1 aromatic carbocycles. The summed E-state index contributed by atoms with van der Waals surface area (Å²) in [6.07, 6.45) is 0.374. The van der Waals surface area contributed by atoms with Crippen LogP contribution in [-0.4, -0.2) is 9.78 Å². The Labute approximate surface area is 122 Å². The summed E-state index contributed by atoms with van der Waals surface area (Å²) < 4.78 is 30.0. The number of hydrazine groups is 1. The lowest BCUT2D eigenvalue weighted by Crippen LogP contribution is -2.31. The van der Waals surface area contributed by atoms with Crippen molar-refractivity contribution in [3.05, 3.63) is 51.8 Å². The first-order chi connectivity index (χ1) is 9.86. The number of hydrogen-bond acceptors (Lipinski definition) is 3. The molecule has 0 saturated heterocycles. The van der Waals surface area contributed by atoms with Crippen LogP contribution in [0.25, 0.3) is 0 Å². The topological polar surface area (TPSA) is 55.9 Å². The molecule has 0 saturated carbocycles. The molecule has 0 fully saturated rings. The second-order valence-electron chi connectivity index (χ2n) is 5.29. The minimum absolute atomic E-state index is 0.0276. The second kappa shape index (κ2) is 5.91. The van der Waals surface area contributed by atoms with Crippen molar-refractivity contribution in [2.75, 3.05) is 0 Å². The molecule has 1 unspecified atom stereocenters. The fourth-order valence-electron chi connectivity index (χ4n) is 2.56. The Hall–Kier alpha value is -1.79. The molecule has 0 bridgehead atoms. The molecule has 4 nitrogen and oxygen atoms in total. The van der Waals surface area contributed by atoms with Crippen LogP contribution in [0.2, 0.25) is 0 Å². The number of rotatable bonds is 4. The smallest absolute Gasteiger partial charge is 0.133 e. The molecule has 3 N–H and O–H groups in total. The lowest BCUT2D eigenvalue weighted by atomic mass is 9.96. The van der Waals surface area contributed by atoms with Gasteiger partial charge in [-0.3, -0.25) is 16.0 Å². The molecule has 0 aliphatic heterocycles. The lowest BCUT2D eigenvalue weighted by Gasteiger charge is -2.19. The standard InChI is InChI=1S/C15H20F2N4/c1-8-5-6-12(16)14(15(8)17)13(19-18)7-11-9(2)20-21(4)10(11)3/h5-6,13,19H,7,18H2,1-4H3. The molecular weight excluding hydrogens is 274 g/mol. The Kier molecular flexibility index (Phi) is 4.39. The average molecular weight is 294 g/mol. The Morgan fingerprint density at radius 1 is 1.29 bits per heavy atom. The predicted octanol–water partition coefficient (Wildman–Crippen LogP) is 2.37. The van der Waals surface area contributed by atoms with E-state index in [4.69, 9.17) is 5.84 Å². The zero-order chi connectivity index (χ0) is 15.7. The molecule has 1 aromatic heterocycles. The lowest BCUT2D eigenvalue weighted by molar-refractivity contribution is 0.469. The van der Waals surface area contributed by atoms with Gasteiger partial charge in [0.1, 0.15) is 11.6 Å². The molecule has 2 aromatic rings. The van der Waals surface area contributed by atoms with Gasteiger partial charge in [-0.1, -0.05) is 6.07 Å². The number of benzene rings is 1. The van der Waals surface area contributed by atoms with E-state index in [0.717, 1.165) is 17.0 Å². The van der Waals surface area contributed by atoms with E-state index in [1.807, 2.05) is 20.9 Å². The van der Waals surface area contributed by atoms with Crippen molar-refractivity contribution in [1.82, 2.24) is 15.2 Å². The van der Waals surface area contributed by atoms with Crippen LogP contribution in [0.5, 0.6) is 0 Å². The normalized spacial score (nSPS) is 12.7. The summed E-state index contributed by atoms with van der Waals surface area (Å²) in [6.45, 7) is 5.40. The van der Waals surface area contributed by atoms with E-state index in [0.29, 0.717) is 12.0 Å². The van der Waals surface area contributed by atoms with Gasteiger partial charge in [-0.25, -0.2) is 8.78 Å². The van der Waals surface area contributed by atoms with Gasteiger partial charge in [0.05, 0.1) is 11.7 Å². The molecular formula is C15H20F2N4. The Balaban J connectivity index is 2.44. The van der Waals surface area contributed by atoms with Gasteiger partial charge in [-0.15, -0.1) is 0 Å². The number of nitrogens with zero attached hydrogens (tertiary/aromatic N) is 2. The van der Waals surface area contributed by atoms with Crippen LogP contribution < -0.4 is 11.3 Å². The zero-order valence-electron chi connectivity index (χ0n) is 12.7. The van der Waals surface area contributed by atoms with E-state index in [1.54, 1.807) is 11.6 Å². The third-order valence-electron chi connectivity index (χ3n) is 3.94. The highest BCUT2D eigenvalue weighted by Gasteiger charge is 2.23. The quantitative estimate of drug-likeness (QED) is 0.672. The maximum atomic E-state index is 14.3. The predicted molar refractivity (Wildman–Crippen MR) is 77.5 cm³/mol. The van der Waals surface area contributed by atoms with E-state index < -0.39 is 17.7 Å². The molecule has 2 rings (SSSR count). The molecule has 21 heavy (non-hydrogen) atoms. The third kappa shape index (κ3) is 2.82. The number of halogens is 2. The average Bonchev–Trinajstić information content (AvgIpc) is 2.68. The number of aryl methyl sites for hydroxylation is 3. The molecule has 6 heteroatoms. The van der Waals surface area contributed by atoms with Crippen LogP contribution in [0.15, 0.2) is 12.1 Å². The molecule has 0 spiro atoms. The number of nitrogens with two attached hydrogens (primary N) is 1. The van der Waals surface area contributed by atoms with Crippen LogP contribution >= 0.6 is 0 Å². The van der Waals surface area contributed by atoms with E-state index in [-0.39, 0.29) is 5.56 Å². The highest BCUT2D eigenvalue weighted by Crippen LogP contribution is 2.27. The maximum Gasteiger partial charge on any atom is 0.133 e. The minimum Gasteiger partial charge on any atom is -0.272 e. The van der Waals surface area contributed by atoms with Crippen LogP contribution in [0.4, 0.5) is 8.78 Å². The zero-order valence-corrected chi connectivity index (χ0v) is 12.7. The fraction of sp³-hybridized carbons (Fsp3) is 0.400. The summed E-state index contributed by atoms with van der Waals surface area (Å²) in [6, 6.07) is 2.04. The highest BCUT2D eigenvalue weighted by atomic mass is 19.1. The van der Waals surface area contributed by atoms with E-state index >= 15 is 0 Å². The van der Waals surface area contributed by atoms with Crippen LogP contribution in [-0.2, 0) is 13.5 Å². The summed E-state index contributed by atoms with van der Waals surface area (Å²) in [5.74, 6) is 4.38. The molecule has 1 atom stereocenters. The van der Waals surface area contributed by atoms with E-state index in [2.05, 4.69) is 10.5 Å². The van der Waals surface area contributed by atoms with Gasteiger partial charge in [0, 0.05) is 18.3 Å². The van der Waals surface area contributed by atoms with Crippen molar-refractivity contribution in [3.63, 3.8) is 0 Å². The van der Waals surface area contributed by atoms with E-state index in [1.165, 1.54) is 12.1 Å². The molecule has 0 aliphatic rings. The summed E-state index contributed by atoms with van der Waals surface area (Å²) in [4.78, 5) is 0. The highest BCUT2D eigenvalue weighted by molar-refractivity contribution is 5.33. The summed E-state index contributed by atoms with van der Waals surface area (Å²) in [7, 11) is 1.84. The first kappa shape index (κ1) is 15.6. The maximum absolute atomic E-state index is 14.3. The van der Waals surface area contributed by atoms with Crippen LogP contribution in [0.1, 0.15) is 34.1 Å². The Bertz CT molecular complexity index is 664. The summed E-state index contributed by atoms with van der Waals surface area (Å²) in [5.41, 5.74) is 5.63. The van der Waals surface area contributed by atoms with Crippen LogP contribution in [0, 0.1) is 32.4 Å².